The number of nitrogens with zero attached hydrogens (tertiary/aromatic N) is 4. The lowest BCUT2D eigenvalue weighted by Crippen LogP contribution is -2.38. The van der Waals surface area contributed by atoms with Crippen LogP contribution in [0.15, 0.2) is 34.4 Å². The van der Waals surface area contributed by atoms with Crippen LogP contribution in [0.2, 0.25) is 0 Å². The molecule has 0 aromatic carbocycles. The average Bonchev–Trinajstić information content (AvgIpc) is 2.94. The lowest BCUT2D eigenvalue weighted by atomic mass is 10.2. The summed E-state index contributed by atoms with van der Waals surface area (Å²) in [4.78, 5) is 6.56. The highest BCUT2D eigenvalue weighted by molar-refractivity contribution is 7.85. The predicted octanol–water partition coefficient (Wildman–Crippen LogP) is 2.04. The SMILES string of the molecule is Cn1c(-c2ncc(C(F)(F)F)cc2S(=O)[O-])nc2cc(S(=O)C(F)(F)F)[n+](O)cc21. The molecule has 3 aromatic rings. The van der Waals surface area contributed by atoms with Gasteiger partial charge in [0.05, 0.1) is 16.5 Å². The first-order valence-electron chi connectivity index (χ1n) is 7.48. The molecule has 0 spiro atoms. The smallest absolute Gasteiger partial charge is 0.481 e. The van der Waals surface area contributed by atoms with E-state index in [-0.39, 0.29) is 21.6 Å². The molecule has 0 saturated heterocycles. The molecule has 0 aliphatic carbocycles. The Bertz CT molecular complexity index is 1210. The molecule has 0 aliphatic rings. The molecule has 0 saturated carbocycles. The third-order valence-electron chi connectivity index (χ3n) is 3.87. The zero-order valence-corrected chi connectivity index (χ0v) is 16.0. The van der Waals surface area contributed by atoms with E-state index in [0.717, 1.165) is 10.8 Å². The van der Waals surface area contributed by atoms with Crippen molar-refractivity contribution in [3.8, 4) is 11.5 Å². The summed E-state index contributed by atoms with van der Waals surface area (Å²) in [6.45, 7) is 0. The molecule has 2 unspecified atom stereocenters. The molecule has 1 N–H and O–H groups in total. The van der Waals surface area contributed by atoms with Gasteiger partial charge in [-0.1, -0.05) is 0 Å². The van der Waals surface area contributed by atoms with Gasteiger partial charge in [-0.05, 0) is 17.1 Å². The fraction of sp³-hybridized carbons (Fsp3) is 0.214. The molecule has 0 fully saturated rings. The molecule has 3 rings (SSSR count). The number of pyridine rings is 2. The third-order valence-corrected chi connectivity index (χ3v) is 5.65. The van der Waals surface area contributed by atoms with Crippen LogP contribution in [0.3, 0.4) is 0 Å². The minimum Gasteiger partial charge on any atom is -0.768 e. The van der Waals surface area contributed by atoms with E-state index in [1.807, 2.05) is 0 Å². The van der Waals surface area contributed by atoms with Crippen LogP contribution in [0, 0.1) is 0 Å². The quantitative estimate of drug-likeness (QED) is 0.269. The van der Waals surface area contributed by atoms with Crippen LogP contribution in [0.4, 0.5) is 26.3 Å². The summed E-state index contributed by atoms with van der Waals surface area (Å²) in [6, 6.07) is 0.988. The van der Waals surface area contributed by atoms with Crippen LogP contribution in [0.25, 0.3) is 22.6 Å². The average molecular weight is 474 g/mol. The first-order chi connectivity index (χ1) is 13.7. The maximum absolute atomic E-state index is 12.9. The third kappa shape index (κ3) is 3.89. The van der Waals surface area contributed by atoms with Crippen LogP contribution >= 0.6 is 0 Å². The largest absolute Gasteiger partial charge is 0.768 e. The Morgan fingerprint density at radius 3 is 2.33 bits per heavy atom. The van der Waals surface area contributed by atoms with Crippen molar-refractivity contribution >= 4 is 32.9 Å². The Morgan fingerprint density at radius 2 is 1.80 bits per heavy atom. The van der Waals surface area contributed by atoms with Crippen molar-refractivity contribution in [1.82, 2.24) is 14.5 Å². The van der Waals surface area contributed by atoms with E-state index in [4.69, 9.17) is 0 Å². The number of aryl methyl sites for hydroxylation is 1. The van der Waals surface area contributed by atoms with Gasteiger partial charge in [0.25, 0.3) is 0 Å². The summed E-state index contributed by atoms with van der Waals surface area (Å²) in [5, 5.41) is 8.70. The molecular weight excluding hydrogens is 466 g/mol. The molecule has 2 atom stereocenters. The number of hydrogen-bond acceptors (Lipinski definition) is 6. The van der Waals surface area contributed by atoms with E-state index in [0.29, 0.717) is 18.3 Å². The molecular formula is C14H8F6N4O4S2. The normalized spacial score (nSPS) is 14.8. The molecule has 0 aliphatic heterocycles. The fourth-order valence-electron chi connectivity index (χ4n) is 2.52. The van der Waals surface area contributed by atoms with Gasteiger partial charge in [-0.3, -0.25) is 14.4 Å². The maximum Gasteiger partial charge on any atom is 0.481 e. The maximum atomic E-state index is 12.9. The first-order valence-corrected chi connectivity index (χ1v) is 9.71. The summed E-state index contributed by atoms with van der Waals surface area (Å²) in [5.41, 5.74) is -7.30. The van der Waals surface area contributed by atoms with Gasteiger partial charge >= 0.3 is 16.7 Å². The molecule has 3 heterocycles. The summed E-state index contributed by atoms with van der Waals surface area (Å²) >= 11 is -3.16. The summed E-state index contributed by atoms with van der Waals surface area (Å²) in [6.07, 6.45) is -3.75. The number of hydrogen-bond donors (Lipinski definition) is 1. The van der Waals surface area contributed by atoms with E-state index in [1.54, 1.807) is 0 Å². The molecule has 3 aromatic heterocycles. The second-order valence-corrected chi connectivity index (χ2v) is 8.07. The second-order valence-electron chi connectivity index (χ2n) is 5.74. The van der Waals surface area contributed by atoms with E-state index in [2.05, 4.69) is 9.97 Å². The van der Waals surface area contributed by atoms with E-state index < -0.39 is 54.7 Å². The van der Waals surface area contributed by atoms with Crippen LogP contribution < -0.4 is 4.73 Å². The summed E-state index contributed by atoms with van der Waals surface area (Å²) < 4.78 is 112. The molecule has 30 heavy (non-hydrogen) atoms. The number of halogens is 6. The van der Waals surface area contributed by atoms with E-state index >= 15 is 0 Å². The predicted molar refractivity (Wildman–Crippen MR) is 86.0 cm³/mol. The van der Waals surface area contributed by atoms with Crippen LogP contribution in [0.1, 0.15) is 5.56 Å². The minimum absolute atomic E-state index is 0.0375. The van der Waals surface area contributed by atoms with Gasteiger partial charge in [-0.15, -0.1) is 0 Å². The van der Waals surface area contributed by atoms with Crippen LogP contribution in [-0.2, 0) is 35.1 Å². The van der Waals surface area contributed by atoms with Crippen LogP contribution in [0.5, 0.6) is 0 Å². The van der Waals surface area contributed by atoms with Crippen molar-refractivity contribution in [2.75, 3.05) is 0 Å². The van der Waals surface area contributed by atoms with Crippen molar-refractivity contribution in [1.29, 1.82) is 0 Å². The lowest BCUT2D eigenvalue weighted by molar-refractivity contribution is -0.932. The Labute approximate surface area is 167 Å². The number of fused-ring (bicyclic) bond motifs is 1. The Morgan fingerprint density at radius 1 is 1.17 bits per heavy atom. The van der Waals surface area contributed by atoms with Gasteiger partial charge in [-0.2, -0.15) is 26.3 Å². The Hall–Kier alpha value is -2.59. The van der Waals surface area contributed by atoms with Crippen molar-refractivity contribution in [3.63, 3.8) is 0 Å². The topological polar surface area (TPSA) is 112 Å². The number of alkyl halides is 6. The summed E-state index contributed by atoms with van der Waals surface area (Å²) in [5.74, 6) is -0.312. The van der Waals surface area contributed by atoms with Gasteiger partial charge < -0.3 is 9.12 Å². The number of rotatable bonds is 3. The van der Waals surface area contributed by atoms with E-state index in [9.17, 15) is 44.5 Å². The molecule has 0 amide bonds. The van der Waals surface area contributed by atoms with Crippen molar-refractivity contribution < 1.29 is 49.3 Å². The Balaban J connectivity index is 2.24. The molecule has 8 nitrogen and oxygen atoms in total. The van der Waals surface area contributed by atoms with Crippen molar-refractivity contribution in [2.45, 2.75) is 21.6 Å². The standard InChI is InChI=1S/C14H8F6N4O4S2/c1-23-8-5-24(25)10(29(26)14(18,19)20)3-7(8)22-12(23)11-9(30(27)28)2-6(4-21-11)13(15,16)17/h2-5H,1H3,(H-,25,27,28). The second kappa shape index (κ2) is 7.28. The zero-order valence-electron chi connectivity index (χ0n) is 14.4. The molecule has 16 heteroatoms. The van der Waals surface area contributed by atoms with Crippen LogP contribution in [-0.4, -0.2) is 38.2 Å². The molecule has 0 radical (unpaired) electrons. The fourth-order valence-corrected chi connectivity index (χ4v) is 3.72. The summed E-state index contributed by atoms with van der Waals surface area (Å²) in [7, 11) is -2.34. The highest BCUT2D eigenvalue weighted by Gasteiger charge is 2.44. The van der Waals surface area contributed by atoms with Gasteiger partial charge in [0.2, 0.25) is 17.0 Å². The van der Waals surface area contributed by atoms with E-state index in [1.165, 1.54) is 7.05 Å². The van der Waals surface area contributed by atoms with Gasteiger partial charge in [0, 0.05) is 18.0 Å². The van der Waals surface area contributed by atoms with Crippen molar-refractivity contribution in [3.05, 3.63) is 30.1 Å². The monoisotopic (exact) mass is 474 g/mol. The minimum atomic E-state index is -5.18. The molecule has 0 bridgehead atoms. The number of aromatic nitrogens is 4. The van der Waals surface area contributed by atoms with Gasteiger partial charge in [-0.25, -0.2) is 9.19 Å². The highest BCUT2D eigenvalue weighted by atomic mass is 32.2. The molecule has 162 valence electrons. The highest BCUT2D eigenvalue weighted by Crippen LogP contribution is 2.34. The zero-order chi connectivity index (χ0) is 22.6. The van der Waals surface area contributed by atoms with Gasteiger partial charge in [0.15, 0.2) is 5.82 Å². The lowest BCUT2D eigenvalue weighted by Gasteiger charge is -2.14. The van der Waals surface area contributed by atoms with Crippen molar-refractivity contribution in [2.24, 2.45) is 7.05 Å². The first kappa shape index (κ1) is 22.1. The Kier molecular flexibility index (Phi) is 5.36. The van der Waals surface area contributed by atoms with Gasteiger partial charge in [0.1, 0.15) is 16.7 Å². The number of imidazole rings is 1.